The van der Waals surface area contributed by atoms with Gasteiger partial charge in [-0.05, 0) is 36.5 Å². The third-order valence-electron chi connectivity index (χ3n) is 6.32. The number of benzene rings is 3. The molecule has 1 amide bonds. The molecule has 2 aliphatic rings. The lowest BCUT2D eigenvalue weighted by atomic mass is 9.86. The van der Waals surface area contributed by atoms with Crippen LogP contribution in [0.2, 0.25) is 0 Å². The van der Waals surface area contributed by atoms with Crippen molar-refractivity contribution in [2.45, 2.75) is 25.4 Å². The van der Waals surface area contributed by atoms with E-state index in [1.165, 1.54) is 5.56 Å². The summed E-state index contributed by atoms with van der Waals surface area (Å²) >= 11 is 0. The van der Waals surface area contributed by atoms with E-state index in [-0.39, 0.29) is 11.8 Å². The van der Waals surface area contributed by atoms with Crippen molar-refractivity contribution in [3.05, 3.63) is 95.6 Å². The van der Waals surface area contributed by atoms with Crippen LogP contribution >= 0.6 is 0 Å². The van der Waals surface area contributed by atoms with E-state index < -0.39 is 0 Å². The van der Waals surface area contributed by atoms with Crippen LogP contribution in [0.1, 0.15) is 35.4 Å². The maximum atomic E-state index is 13.6. The largest absolute Gasteiger partial charge is 0.457 e. The molecule has 4 heteroatoms. The van der Waals surface area contributed by atoms with Crippen LogP contribution in [-0.4, -0.2) is 30.5 Å². The normalized spacial score (nSPS) is 16.3. The fraction of sp³-hybridized carbons (Fsp3) is 0.296. The Balaban J connectivity index is 1.23. The number of para-hydroxylation sites is 2. The minimum Gasteiger partial charge on any atom is -0.457 e. The van der Waals surface area contributed by atoms with Crippen LogP contribution in [0.25, 0.3) is 0 Å². The van der Waals surface area contributed by atoms with Crippen LogP contribution in [0.4, 0.5) is 0 Å². The number of fused-ring (bicyclic) bond motifs is 2. The zero-order valence-electron chi connectivity index (χ0n) is 17.6. The second-order valence-electron chi connectivity index (χ2n) is 8.38. The topological polar surface area (TPSA) is 38.8 Å². The number of amides is 1. The van der Waals surface area contributed by atoms with Crippen LogP contribution in [-0.2, 0) is 16.1 Å². The lowest BCUT2D eigenvalue weighted by molar-refractivity contribution is -0.133. The van der Waals surface area contributed by atoms with Gasteiger partial charge in [0.15, 0.2) is 0 Å². The van der Waals surface area contributed by atoms with Crippen molar-refractivity contribution in [3.8, 4) is 11.5 Å². The molecule has 4 nitrogen and oxygen atoms in total. The van der Waals surface area contributed by atoms with Crippen LogP contribution in [0.5, 0.6) is 11.5 Å². The number of ether oxygens (including phenoxy) is 2. The fourth-order valence-electron chi connectivity index (χ4n) is 4.60. The number of carbonyl (C=O) groups excluding carboxylic acids is 1. The first kappa shape index (κ1) is 19.8. The highest BCUT2D eigenvalue weighted by molar-refractivity contribution is 5.89. The Morgan fingerprint density at radius 2 is 1.42 bits per heavy atom. The highest BCUT2D eigenvalue weighted by Gasteiger charge is 2.36. The van der Waals surface area contributed by atoms with Gasteiger partial charge in [0.2, 0.25) is 5.91 Å². The summed E-state index contributed by atoms with van der Waals surface area (Å²) in [4.78, 5) is 15.6. The molecular formula is C27H27NO3. The van der Waals surface area contributed by atoms with Crippen LogP contribution < -0.4 is 4.74 Å². The number of likely N-dealkylation sites (tertiary alicyclic amines) is 1. The Kier molecular flexibility index (Phi) is 5.72. The second-order valence-corrected chi connectivity index (χ2v) is 8.38. The molecule has 2 heterocycles. The van der Waals surface area contributed by atoms with Gasteiger partial charge in [-0.2, -0.15) is 0 Å². The van der Waals surface area contributed by atoms with Gasteiger partial charge in [0.25, 0.3) is 0 Å². The number of carbonyl (C=O) groups is 1. The van der Waals surface area contributed by atoms with Gasteiger partial charge >= 0.3 is 0 Å². The molecule has 0 radical (unpaired) electrons. The molecular weight excluding hydrogens is 386 g/mol. The molecule has 3 aromatic carbocycles. The van der Waals surface area contributed by atoms with Gasteiger partial charge in [0.1, 0.15) is 11.5 Å². The first-order valence-electron chi connectivity index (χ1n) is 11.1. The number of piperidine rings is 1. The Hall–Kier alpha value is -3.11. The molecule has 0 aromatic heterocycles. The molecule has 2 aliphatic heterocycles. The standard InChI is InChI=1S/C27H27NO3/c29-27(26-22-10-4-6-12-24(22)31-25-13-7-5-11-23(25)26)28-16-14-21(15-17-28)19-30-18-20-8-2-1-3-9-20/h1-13,21,26H,14-19H2. The molecule has 0 saturated carbocycles. The van der Waals surface area contributed by atoms with Crippen molar-refractivity contribution >= 4 is 5.91 Å². The first-order chi connectivity index (χ1) is 15.3. The molecule has 1 fully saturated rings. The Bertz CT molecular complexity index is 996. The summed E-state index contributed by atoms with van der Waals surface area (Å²) in [7, 11) is 0. The number of nitrogens with zero attached hydrogens (tertiary/aromatic N) is 1. The molecule has 3 aromatic rings. The summed E-state index contributed by atoms with van der Waals surface area (Å²) in [5, 5.41) is 0. The van der Waals surface area contributed by atoms with Crippen LogP contribution in [0.15, 0.2) is 78.9 Å². The van der Waals surface area contributed by atoms with Crippen molar-refractivity contribution in [1.29, 1.82) is 0 Å². The van der Waals surface area contributed by atoms with E-state index in [0.717, 1.165) is 55.2 Å². The lowest BCUT2D eigenvalue weighted by Gasteiger charge is -2.36. The number of rotatable bonds is 5. The molecule has 0 atom stereocenters. The van der Waals surface area contributed by atoms with Gasteiger partial charge in [0, 0.05) is 30.8 Å². The Morgan fingerprint density at radius 3 is 2.06 bits per heavy atom. The van der Waals surface area contributed by atoms with Crippen molar-refractivity contribution in [2.75, 3.05) is 19.7 Å². The summed E-state index contributed by atoms with van der Waals surface area (Å²) in [6.45, 7) is 2.95. The highest BCUT2D eigenvalue weighted by atomic mass is 16.5. The zero-order chi connectivity index (χ0) is 21.0. The molecule has 0 bridgehead atoms. The maximum absolute atomic E-state index is 13.6. The average Bonchev–Trinajstić information content (AvgIpc) is 2.83. The highest BCUT2D eigenvalue weighted by Crippen LogP contribution is 2.44. The third-order valence-corrected chi connectivity index (χ3v) is 6.32. The van der Waals surface area contributed by atoms with Gasteiger partial charge in [-0.25, -0.2) is 0 Å². The molecule has 158 valence electrons. The maximum Gasteiger partial charge on any atom is 0.234 e. The molecule has 31 heavy (non-hydrogen) atoms. The summed E-state index contributed by atoms with van der Waals surface area (Å²) < 4.78 is 12.0. The van der Waals surface area contributed by atoms with Crippen molar-refractivity contribution < 1.29 is 14.3 Å². The van der Waals surface area contributed by atoms with E-state index in [0.29, 0.717) is 12.5 Å². The minimum atomic E-state index is -0.299. The van der Waals surface area contributed by atoms with E-state index in [9.17, 15) is 4.79 Å². The summed E-state index contributed by atoms with van der Waals surface area (Å²) in [6.07, 6.45) is 1.96. The van der Waals surface area contributed by atoms with Gasteiger partial charge < -0.3 is 14.4 Å². The predicted octanol–water partition coefficient (Wildman–Crippen LogP) is 5.38. The molecule has 1 saturated heterocycles. The zero-order valence-corrected chi connectivity index (χ0v) is 17.6. The predicted molar refractivity (Wildman–Crippen MR) is 120 cm³/mol. The van der Waals surface area contributed by atoms with Crippen LogP contribution in [0.3, 0.4) is 0 Å². The SMILES string of the molecule is O=C(C1c2ccccc2Oc2ccccc21)N1CCC(COCc2ccccc2)CC1. The summed E-state index contributed by atoms with van der Waals surface area (Å²) in [5.41, 5.74) is 3.12. The molecule has 0 aliphatic carbocycles. The molecule has 5 rings (SSSR count). The van der Waals surface area contributed by atoms with Crippen molar-refractivity contribution in [2.24, 2.45) is 5.92 Å². The van der Waals surface area contributed by atoms with E-state index in [4.69, 9.17) is 9.47 Å². The molecule has 0 unspecified atom stereocenters. The number of hydrogen-bond donors (Lipinski definition) is 0. The number of hydrogen-bond acceptors (Lipinski definition) is 3. The summed E-state index contributed by atoms with van der Waals surface area (Å²) in [5.74, 6) is 1.94. The van der Waals surface area contributed by atoms with E-state index in [2.05, 4.69) is 12.1 Å². The fourth-order valence-corrected chi connectivity index (χ4v) is 4.60. The van der Waals surface area contributed by atoms with Gasteiger partial charge in [-0.1, -0.05) is 66.7 Å². The van der Waals surface area contributed by atoms with Gasteiger partial charge in [-0.15, -0.1) is 0 Å². The van der Waals surface area contributed by atoms with E-state index >= 15 is 0 Å². The average molecular weight is 414 g/mol. The Morgan fingerprint density at radius 1 is 0.839 bits per heavy atom. The molecule has 0 N–H and O–H groups in total. The smallest absolute Gasteiger partial charge is 0.234 e. The Labute approximate surface area is 183 Å². The van der Waals surface area contributed by atoms with Crippen LogP contribution in [0, 0.1) is 5.92 Å². The van der Waals surface area contributed by atoms with Gasteiger partial charge in [-0.3, -0.25) is 4.79 Å². The third kappa shape index (κ3) is 4.21. The lowest BCUT2D eigenvalue weighted by Crippen LogP contribution is -2.42. The van der Waals surface area contributed by atoms with E-state index in [1.807, 2.05) is 71.6 Å². The molecule has 0 spiro atoms. The van der Waals surface area contributed by atoms with Gasteiger partial charge in [0.05, 0.1) is 12.5 Å². The minimum absolute atomic E-state index is 0.173. The quantitative estimate of drug-likeness (QED) is 0.564. The van der Waals surface area contributed by atoms with E-state index in [1.54, 1.807) is 0 Å². The second kappa shape index (κ2) is 8.94. The van der Waals surface area contributed by atoms with Crippen molar-refractivity contribution in [1.82, 2.24) is 4.90 Å². The summed E-state index contributed by atoms with van der Waals surface area (Å²) in [6, 6.07) is 26.1. The monoisotopic (exact) mass is 413 g/mol. The first-order valence-corrected chi connectivity index (χ1v) is 11.1. The van der Waals surface area contributed by atoms with Crippen molar-refractivity contribution in [3.63, 3.8) is 0 Å².